The smallest absolute Gasteiger partial charge is 0.211 e. The van der Waals surface area contributed by atoms with E-state index in [-0.39, 0.29) is 5.75 Å². The molecule has 5 heteroatoms. The highest BCUT2D eigenvalue weighted by molar-refractivity contribution is 7.89. The van der Waals surface area contributed by atoms with Crippen LogP contribution in [0.4, 0.5) is 0 Å². The topological polar surface area (TPSA) is 58.2 Å². The Bertz CT molecular complexity index is 330. The quantitative estimate of drug-likeness (QED) is 0.696. The van der Waals surface area contributed by atoms with Crippen molar-refractivity contribution in [3.05, 3.63) is 0 Å². The highest BCUT2D eigenvalue weighted by Crippen LogP contribution is 2.29. The van der Waals surface area contributed by atoms with Crippen LogP contribution in [0.2, 0.25) is 0 Å². The standard InChI is InChI=1S/C13H28N2O2S/c1-4-18(16,17)15-10-6-9-14-13-8-5-7-11(2)12(13)3/h11-15H,4-10H2,1-3H3/t11-,12-,13-/m1/s1. The van der Waals surface area contributed by atoms with Gasteiger partial charge in [0.1, 0.15) is 0 Å². The molecule has 108 valence electrons. The maximum absolute atomic E-state index is 11.2. The van der Waals surface area contributed by atoms with Crippen molar-refractivity contribution < 1.29 is 8.42 Å². The first-order chi connectivity index (χ1) is 8.46. The lowest BCUT2D eigenvalue weighted by Gasteiger charge is -2.34. The van der Waals surface area contributed by atoms with E-state index in [0.29, 0.717) is 12.6 Å². The van der Waals surface area contributed by atoms with Crippen LogP contribution in [-0.4, -0.2) is 33.3 Å². The Morgan fingerprint density at radius 1 is 1.17 bits per heavy atom. The van der Waals surface area contributed by atoms with Crippen molar-refractivity contribution in [1.82, 2.24) is 10.0 Å². The summed E-state index contributed by atoms with van der Waals surface area (Å²) in [6.07, 6.45) is 4.77. The molecule has 0 spiro atoms. The normalized spacial score (nSPS) is 29.4. The van der Waals surface area contributed by atoms with Gasteiger partial charge in [-0.3, -0.25) is 0 Å². The van der Waals surface area contributed by atoms with Gasteiger partial charge in [0.25, 0.3) is 0 Å². The summed E-state index contributed by atoms with van der Waals surface area (Å²) in [6.45, 7) is 7.74. The maximum atomic E-state index is 11.2. The molecule has 0 amide bonds. The Kier molecular flexibility index (Phi) is 6.60. The van der Waals surface area contributed by atoms with Crippen LogP contribution in [0.5, 0.6) is 0 Å². The molecular weight excluding hydrogens is 248 g/mol. The van der Waals surface area contributed by atoms with E-state index < -0.39 is 10.0 Å². The van der Waals surface area contributed by atoms with E-state index in [1.165, 1.54) is 19.3 Å². The third-order valence-corrected chi connectivity index (χ3v) is 5.57. The number of hydrogen-bond acceptors (Lipinski definition) is 3. The maximum Gasteiger partial charge on any atom is 0.211 e. The molecule has 0 bridgehead atoms. The first kappa shape index (κ1) is 15.9. The van der Waals surface area contributed by atoms with Crippen molar-refractivity contribution in [3.8, 4) is 0 Å². The molecule has 0 aliphatic heterocycles. The van der Waals surface area contributed by atoms with E-state index in [4.69, 9.17) is 0 Å². The fourth-order valence-electron chi connectivity index (χ4n) is 2.58. The van der Waals surface area contributed by atoms with Gasteiger partial charge in [0.05, 0.1) is 5.75 Å². The number of sulfonamides is 1. The Morgan fingerprint density at radius 3 is 2.56 bits per heavy atom. The summed E-state index contributed by atoms with van der Waals surface area (Å²) in [5, 5.41) is 3.57. The molecule has 0 radical (unpaired) electrons. The lowest BCUT2D eigenvalue weighted by Crippen LogP contribution is -2.41. The summed E-state index contributed by atoms with van der Waals surface area (Å²) in [6, 6.07) is 0.608. The summed E-state index contributed by atoms with van der Waals surface area (Å²) in [7, 11) is -3.02. The molecule has 1 rings (SSSR count). The number of hydrogen-bond donors (Lipinski definition) is 2. The van der Waals surface area contributed by atoms with Crippen molar-refractivity contribution in [1.29, 1.82) is 0 Å². The Labute approximate surface area is 112 Å². The van der Waals surface area contributed by atoms with Crippen LogP contribution < -0.4 is 10.0 Å². The Hall–Kier alpha value is -0.130. The molecule has 2 N–H and O–H groups in total. The summed E-state index contributed by atoms with van der Waals surface area (Å²) in [4.78, 5) is 0. The molecule has 1 fully saturated rings. The lowest BCUT2D eigenvalue weighted by molar-refractivity contribution is 0.207. The predicted molar refractivity (Wildman–Crippen MR) is 76.1 cm³/mol. The minimum atomic E-state index is -3.02. The number of rotatable bonds is 7. The van der Waals surface area contributed by atoms with Crippen LogP contribution in [0, 0.1) is 11.8 Å². The zero-order chi connectivity index (χ0) is 13.6. The zero-order valence-electron chi connectivity index (χ0n) is 11.9. The van der Waals surface area contributed by atoms with Gasteiger partial charge >= 0.3 is 0 Å². The minimum Gasteiger partial charge on any atom is -0.314 e. The molecule has 4 nitrogen and oxygen atoms in total. The predicted octanol–water partition coefficient (Wildman–Crippen LogP) is 1.73. The van der Waals surface area contributed by atoms with Crippen LogP contribution in [0.15, 0.2) is 0 Å². The third kappa shape index (κ3) is 5.24. The van der Waals surface area contributed by atoms with E-state index in [1.54, 1.807) is 6.92 Å². The van der Waals surface area contributed by atoms with Crippen molar-refractivity contribution in [2.75, 3.05) is 18.8 Å². The molecule has 0 aromatic rings. The average Bonchev–Trinajstić information content (AvgIpc) is 2.34. The van der Waals surface area contributed by atoms with Crippen molar-refractivity contribution >= 4 is 10.0 Å². The van der Waals surface area contributed by atoms with Crippen molar-refractivity contribution in [2.24, 2.45) is 11.8 Å². The van der Waals surface area contributed by atoms with Crippen molar-refractivity contribution in [2.45, 2.75) is 52.5 Å². The molecule has 1 aliphatic carbocycles. The molecule has 0 unspecified atom stereocenters. The van der Waals surface area contributed by atoms with E-state index >= 15 is 0 Å². The third-order valence-electron chi connectivity index (χ3n) is 4.17. The van der Waals surface area contributed by atoms with E-state index in [9.17, 15) is 8.42 Å². The van der Waals surface area contributed by atoms with Crippen LogP contribution in [0.3, 0.4) is 0 Å². The fourth-order valence-corrected chi connectivity index (χ4v) is 3.24. The van der Waals surface area contributed by atoms with Gasteiger partial charge < -0.3 is 5.32 Å². The van der Waals surface area contributed by atoms with Gasteiger partial charge in [0, 0.05) is 12.6 Å². The minimum absolute atomic E-state index is 0.164. The second-order valence-electron chi connectivity index (χ2n) is 5.48. The van der Waals surface area contributed by atoms with E-state index in [1.807, 2.05) is 0 Å². The summed E-state index contributed by atoms with van der Waals surface area (Å²) >= 11 is 0. The van der Waals surface area contributed by atoms with Crippen LogP contribution in [0.1, 0.15) is 46.5 Å². The molecule has 0 saturated heterocycles. The number of nitrogens with one attached hydrogen (secondary N) is 2. The van der Waals surface area contributed by atoms with E-state index in [2.05, 4.69) is 23.9 Å². The fraction of sp³-hybridized carbons (Fsp3) is 1.00. The molecule has 0 heterocycles. The molecule has 1 saturated carbocycles. The molecular formula is C13H28N2O2S. The lowest BCUT2D eigenvalue weighted by atomic mass is 9.78. The summed E-state index contributed by atoms with van der Waals surface area (Å²) in [5.41, 5.74) is 0. The SMILES string of the molecule is CCS(=O)(=O)NCCCN[C@@H]1CCC[C@@H](C)[C@H]1C. The first-order valence-corrected chi connectivity index (χ1v) is 8.82. The van der Waals surface area contributed by atoms with Gasteiger partial charge in [-0.25, -0.2) is 13.1 Å². The molecule has 18 heavy (non-hydrogen) atoms. The van der Waals surface area contributed by atoms with Gasteiger partial charge in [-0.05, 0) is 38.1 Å². The zero-order valence-corrected chi connectivity index (χ0v) is 12.7. The van der Waals surface area contributed by atoms with Crippen LogP contribution >= 0.6 is 0 Å². The van der Waals surface area contributed by atoms with Gasteiger partial charge in [0.2, 0.25) is 10.0 Å². The van der Waals surface area contributed by atoms with Gasteiger partial charge in [0.15, 0.2) is 0 Å². The highest BCUT2D eigenvalue weighted by Gasteiger charge is 2.26. The highest BCUT2D eigenvalue weighted by atomic mass is 32.2. The monoisotopic (exact) mass is 276 g/mol. The molecule has 0 aromatic carbocycles. The first-order valence-electron chi connectivity index (χ1n) is 7.17. The molecule has 3 atom stereocenters. The van der Waals surface area contributed by atoms with Crippen LogP contribution in [-0.2, 0) is 10.0 Å². The summed E-state index contributed by atoms with van der Waals surface area (Å²) < 4.78 is 25.1. The molecule has 1 aliphatic rings. The van der Waals surface area contributed by atoms with E-state index in [0.717, 1.165) is 24.8 Å². The average molecular weight is 276 g/mol. The van der Waals surface area contributed by atoms with Gasteiger partial charge in [-0.15, -0.1) is 0 Å². The van der Waals surface area contributed by atoms with Crippen molar-refractivity contribution in [3.63, 3.8) is 0 Å². The van der Waals surface area contributed by atoms with Crippen LogP contribution in [0.25, 0.3) is 0 Å². The second-order valence-corrected chi connectivity index (χ2v) is 7.57. The van der Waals surface area contributed by atoms with Gasteiger partial charge in [-0.1, -0.05) is 26.7 Å². The largest absolute Gasteiger partial charge is 0.314 e. The summed E-state index contributed by atoms with van der Waals surface area (Å²) in [5.74, 6) is 1.69. The molecule has 0 aromatic heterocycles. The second kappa shape index (κ2) is 7.46. The Balaban J connectivity index is 2.14. The van der Waals surface area contributed by atoms with Gasteiger partial charge in [-0.2, -0.15) is 0 Å². The Morgan fingerprint density at radius 2 is 1.89 bits per heavy atom.